The average molecular weight is 461 g/mol. The first-order valence-electron chi connectivity index (χ1n) is 9.48. The van der Waals surface area contributed by atoms with Gasteiger partial charge in [0, 0.05) is 13.7 Å². The molecule has 0 radical (unpaired) electrons. The van der Waals surface area contributed by atoms with Crippen LogP contribution in [0.25, 0.3) is 0 Å². The van der Waals surface area contributed by atoms with Gasteiger partial charge in [0.2, 0.25) is 10.0 Å². The van der Waals surface area contributed by atoms with Crippen LogP contribution in [0.4, 0.5) is 8.78 Å². The van der Waals surface area contributed by atoms with E-state index in [9.17, 15) is 17.2 Å². The Hall–Kier alpha value is -3.13. The molecule has 3 rings (SSSR count). The molecular weight excluding hydrogens is 440 g/mol. The van der Waals surface area contributed by atoms with Gasteiger partial charge in [-0.3, -0.25) is 0 Å². The lowest BCUT2D eigenvalue weighted by Gasteiger charge is -2.33. The van der Waals surface area contributed by atoms with Gasteiger partial charge in [-0.1, -0.05) is 36.0 Å². The number of sulfonamides is 1. The number of nitriles is 1. The number of nitrogens with one attached hydrogen (secondary N) is 1. The largest absolute Gasteiger partial charge is 0.352 e. The standard InChI is InChI=1S/C22H21F2N3O4S/c1-15(2)22(23,24)21(30-3)12-20(27-31-21)18-8-4-17(5-9-18)14-26-32(28,29)19-10-6-16(13-25)7-11-19/h4-11,26H,1,12,14H2,2-3H3. The van der Waals surface area contributed by atoms with Gasteiger partial charge < -0.3 is 9.57 Å². The topological polar surface area (TPSA) is 101 Å². The molecule has 168 valence electrons. The van der Waals surface area contributed by atoms with Gasteiger partial charge in [0.1, 0.15) is 0 Å². The van der Waals surface area contributed by atoms with Crippen molar-refractivity contribution in [2.45, 2.75) is 36.5 Å². The molecule has 0 aromatic heterocycles. The van der Waals surface area contributed by atoms with Gasteiger partial charge in [0.05, 0.1) is 28.7 Å². The molecule has 0 spiro atoms. The van der Waals surface area contributed by atoms with Gasteiger partial charge in [0.15, 0.2) is 0 Å². The average Bonchev–Trinajstić information content (AvgIpc) is 3.24. The Bertz CT molecular complexity index is 1190. The highest BCUT2D eigenvalue weighted by molar-refractivity contribution is 7.89. The maximum Gasteiger partial charge on any atom is 0.335 e. The van der Waals surface area contributed by atoms with Gasteiger partial charge >= 0.3 is 11.7 Å². The molecule has 0 amide bonds. The summed E-state index contributed by atoms with van der Waals surface area (Å²) in [4.78, 5) is 5.06. The Kier molecular flexibility index (Phi) is 6.46. The Balaban J connectivity index is 1.68. The minimum Gasteiger partial charge on any atom is -0.352 e. The van der Waals surface area contributed by atoms with Crippen LogP contribution in [0.3, 0.4) is 0 Å². The molecule has 0 saturated carbocycles. The lowest BCUT2D eigenvalue weighted by molar-refractivity contribution is -0.303. The molecule has 1 aliphatic rings. The van der Waals surface area contributed by atoms with Crippen LogP contribution in [0, 0.1) is 11.3 Å². The number of rotatable bonds is 8. The minimum atomic E-state index is -3.76. The first kappa shape index (κ1) is 23.5. The number of ether oxygens (including phenoxy) is 1. The molecule has 1 unspecified atom stereocenters. The Labute approximate surface area is 185 Å². The maximum atomic E-state index is 14.6. The smallest absolute Gasteiger partial charge is 0.335 e. The maximum absolute atomic E-state index is 14.6. The Morgan fingerprint density at radius 1 is 1.28 bits per heavy atom. The molecule has 1 atom stereocenters. The van der Waals surface area contributed by atoms with Crippen molar-refractivity contribution in [2.24, 2.45) is 5.16 Å². The van der Waals surface area contributed by atoms with Gasteiger partial charge in [-0.2, -0.15) is 14.0 Å². The van der Waals surface area contributed by atoms with E-state index in [1.807, 2.05) is 6.07 Å². The molecular formula is C22H21F2N3O4S. The normalized spacial score (nSPS) is 18.5. The van der Waals surface area contributed by atoms with E-state index in [0.29, 0.717) is 16.7 Å². The number of methoxy groups -OCH3 is 1. The lowest BCUT2D eigenvalue weighted by atomic mass is 9.94. The van der Waals surface area contributed by atoms with E-state index in [2.05, 4.69) is 16.5 Å². The summed E-state index contributed by atoms with van der Waals surface area (Å²) in [6, 6.07) is 14.1. The summed E-state index contributed by atoms with van der Waals surface area (Å²) in [5, 5.41) is 12.6. The van der Waals surface area contributed by atoms with Crippen LogP contribution < -0.4 is 4.72 Å². The van der Waals surface area contributed by atoms with E-state index in [1.54, 1.807) is 24.3 Å². The van der Waals surface area contributed by atoms with Crippen molar-refractivity contribution in [3.05, 3.63) is 77.4 Å². The summed E-state index contributed by atoms with van der Waals surface area (Å²) in [5.74, 6) is -5.71. The fraction of sp³-hybridized carbons (Fsp3) is 0.273. The number of benzene rings is 2. The molecule has 1 N–H and O–H groups in total. The molecule has 0 aliphatic carbocycles. The van der Waals surface area contributed by atoms with Crippen LogP contribution in [0.5, 0.6) is 0 Å². The summed E-state index contributed by atoms with van der Waals surface area (Å²) in [6.07, 6.45) is -0.284. The zero-order valence-corrected chi connectivity index (χ0v) is 18.2. The van der Waals surface area contributed by atoms with Crippen molar-refractivity contribution in [3.63, 3.8) is 0 Å². The molecule has 1 aliphatic heterocycles. The van der Waals surface area contributed by atoms with Crippen molar-refractivity contribution in [2.75, 3.05) is 7.11 Å². The molecule has 2 aromatic carbocycles. The van der Waals surface area contributed by atoms with Crippen molar-refractivity contribution < 1.29 is 26.8 Å². The van der Waals surface area contributed by atoms with Gasteiger partial charge in [-0.25, -0.2) is 13.1 Å². The number of alkyl halides is 2. The summed E-state index contributed by atoms with van der Waals surface area (Å²) in [6.45, 7) is 4.52. The SMILES string of the molecule is C=C(C)C(F)(F)C1(OC)CC(c2ccc(CNS(=O)(=O)c3ccc(C#N)cc3)cc2)=NO1. The van der Waals surface area contributed by atoms with Gasteiger partial charge in [-0.05, 0) is 47.9 Å². The zero-order chi connectivity index (χ0) is 23.6. The third-order valence-corrected chi connectivity index (χ3v) is 6.51. The van der Waals surface area contributed by atoms with Crippen LogP contribution in [0.1, 0.15) is 30.0 Å². The number of nitrogens with zero attached hydrogens (tertiary/aromatic N) is 2. The zero-order valence-electron chi connectivity index (χ0n) is 17.4. The number of halogens is 2. The monoisotopic (exact) mass is 461 g/mol. The molecule has 0 fully saturated rings. The Morgan fingerprint density at radius 2 is 1.91 bits per heavy atom. The fourth-order valence-corrected chi connectivity index (χ4v) is 4.10. The van der Waals surface area contributed by atoms with Crippen molar-refractivity contribution in [3.8, 4) is 6.07 Å². The second-order valence-corrected chi connectivity index (χ2v) is 9.04. The molecule has 2 aromatic rings. The third kappa shape index (κ3) is 4.41. The van der Waals surface area contributed by atoms with E-state index in [-0.39, 0.29) is 23.6 Å². The van der Waals surface area contributed by atoms with Crippen LogP contribution >= 0.6 is 0 Å². The van der Waals surface area contributed by atoms with Crippen LogP contribution in [-0.4, -0.2) is 32.9 Å². The predicted octanol–water partition coefficient (Wildman–Crippen LogP) is 3.72. The Morgan fingerprint density at radius 3 is 2.44 bits per heavy atom. The van der Waals surface area contributed by atoms with Crippen molar-refractivity contribution >= 4 is 15.7 Å². The second kappa shape index (κ2) is 8.78. The summed E-state index contributed by atoms with van der Waals surface area (Å²) in [7, 11) is -2.64. The van der Waals surface area contributed by atoms with Crippen molar-refractivity contribution in [1.82, 2.24) is 4.72 Å². The summed E-state index contributed by atoms with van der Waals surface area (Å²) >= 11 is 0. The molecule has 1 heterocycles. The number of hydrogen-bond donors (Lipinski definition) is 1. The van der Waals surface area contributed by atoms with E-state index in [4.69, 9.17) is 14.8 Å². The lowest BCUT2D eigenvalue weighted by Crippen LogP contribution is -2.50. The van der Waals surface area contributed by atoms with Crippen LogP contribution in [-0.2, 0) is 26.1 Å². The van der Waals surface area contributed by atoms with Crippen molar-refractivity contribution in [1.29, 1.82) is 5.26 Å². The quantitative estimate of drug-likeness (QED) is 0.604. The summed E-state index contributed by atoms with van der Waals surface area (Å²) in [5.41, 5.74) is 1.42. The van der Waals surface area contributed by atoms with E-state index >= 15 is 0 Å². The summed E-state index contributed by atoms with van der Waals surface area (Å²) < 4.78 is 61.4. The molecule has 7 nitrogen and oxygen atoms in total. The first-order valence-corrected chi connectivity index (χ1v) is 11.0. The highest BCUT2D eigenvalue weighted by Crippen LogP contribution is 2.44. The molecule has 32 heavy (non-hydrogen) atoms. The molecule has 0 saturated heterocycles. The van der Waals surface area contributed by atoms with Gasteiger partial charge in [0.25, 0.3) is 0 Å². The minimum absolute atomic E-state index is 0.0152. The van der Waals surface area contributed by atoms with Crippen LogP contribution in [0.2, 0.25) is 0 Å². The molecule has 10 heteroatoms. The van der Waals surface area contributed by atoms with E-state index in [0.717, 1.165) is 7.11 Å². The predicted molar refractivity (Wildman–Crippen MR) is 113 cm³/mol. The van der Waals surface area contributed by atoms with E-state index < -0.39 is 27.3 Å². The highest BCUT2D eigenvalue weighted by Gasteiger charge is 2.61. The number of hydrogen-bond acceptors (Lipinski definition) is 6. The third-order valence-electron chi connectivity index (χ3n) is 5.09. The highest BCUT2D eigenvalue weighted by atomic mass is 32.2. The van der Waals surface area contributed by atoms with Crippen LogP contribution in [0.15, 0.2) is 70.7 Å². The fourth-order valence-electron chi connectivity index (χ4n) is 3.08. The second-order valence-electron chi connectivity index (χ2n) is 7.28. The first-order chi connectivity index (χ1) is 15.0. The molecule has 0 bridgehead atoms. The number of oxime groups is 1. The van der Waals surface area contributed by atoms with Gasteiger partial charge in [-0.15, -0.1) is 0 Å². The van der Waals surface area contributed by atoms with E-state index in [1.165, 1.54) is 31.2 Å².